The molecule has 0 spiro atoms. The van der Waals surface area contributed by atoms with Crippen molar-refractivity contribution in [2.24, 2.45) is 0 Å². The summed E-state index contributed by atoms with van der Waals surface area (Å²) in [6.07, 6.45) is 0. The molecule has 0 aliphatic carbocycles. The fraction of sp³-hybridized carbons (Fsp3) is 0.111. The SMILES string of the molecule is Cc1ccccc1-c1nnc(SCc2nnc(-c3ccc(Cl)cc3)o2)o1. The van der Waals surface area contributed by atoms with Crippen molar-refractivity contribution in [3.8, 4) is 22.9 Å². The van der Waals surface area contributed by atoms with Crippen LogP contribution >= 0.6 is 23.4 Å². The Balaban J connectivity index is 1.44. The van der Waals surface area contributed by atoms with Gasteiger partial charge in [-0.1, -0.05) is 41.6 Å². The summed E-state index contributed by atoms with van der Waals surface area (Å²) in [5.41, 5.74) is 2.82. The van der Waals surface area contributed by atoms with Gasteiger partial charge in [-0.15, -0.1) is 20.4 Å². The van der Waals surface area contributed by atoms with Crippen LogP contribution in [-0.4, -0.2) is 20.4 Å². The van der Waals surface area contributed by atoms with Gasteiger partial charge in [0.15, 0.2) is 0 Å². The van der Waals surface area contributed by atoms with Crippen LogP contribution in [0.25, 0.3) is 22.9 Å². The smallest absolute Gasteiger partial charge is 0.277 e. The molecule has 0 saturated heterocycles. The fourth-order valence-electron chi connectivity index (χ4n) is 2.33. The third kappa shape index (κ3) is 3.63. The fourth-order valence-corrected chi connectivity index (χ4v) is 3.06. The molecule has 0 atom stereocenters. The lowest BCUT2D eigenvalue weighted by molar-refractivity contribution is 0.464. The number of aryl methyl sites for hydroxylation is 1. The van der Waals surface area contributed by atoms with Crippen molar-refractivity contribution >= 4 is 23.4 Å². The molecule has 0 unspecified atom stereocenters. The second-order valence-corrected chi connectivity index (χ2v) is 6.85. The third-order valence-corrected chi connectivity index (χ3v) is 4.71. The van der Waals surface area contributed by atoms with Crippen LogP contribution in [0.5, 0.6) is 0 Å². The molecule has 0 N–H and O–H groups in total. The van der Waals surface area contributed by atoms with Crippen LogP contribution in [0.3, 0.4) is 0 Å². The van der Waals surface area contributed by atoms with Gasteiger partial charge in [-0.2, -0.15) is 0 Å². The number of thioether (sulfide) groups is 1. The van der Waals surface area contributed by atoms with Gasteiger partial charge in [0.25, 0.3) is 5.22 Å². The Bertz CT molecular complexity index is 1030. The molecule has 0 saturated carbocycles. The zero-order valence-electron chi connectivity index (χ0n) is 13.7. The van der Waals surface area contributed by atoms with E-state index in [4.69, 9.17) is 20.4 Å². The first-order valence-corrected chi connectivity index (χ1v) is 9.16. The molecular formula is C18H13ClN4O2S. The Hall–Kier alpha value is -2.64. The van der Waals surface area contributed by atoms with Gasteiger partial charge < -0.3 is 8.83 Å². The first-order valence-electron chi connectivity index (χ1n) is 7.79. The summed E-state index contributed by atoms with van der Waals surface area (Å²) in [4.78, 5) is 0. The van der Waals surface area contributed by atoms with Crippen molar-refractivity contribution in [3.63, 3.8) is 0 Å². The van der Waals surface area contributed by atoms with Crippen molar-refractivity contribution in [1.82, 2.24) is 20.4 Å². The van der Waals surface area contributed by atoms with Crippen LogP contribution in [0.4, 0.5) is 0 Å². The van der Waals surface area contributed by atoms with Crippen molar-refractivity contribution in [1.29, 1.82) is 0 Å². The highest BCUT2D eigenvalue weighted by atomic mass is 35.5. The standard InChI is InChI=1S/C18H13ClN4O2S/c1-11-4-2-3-5-14(11)17-22-23-18(25-17)26-10-15-20-21-16(24-15)12-6-8-13(19)9-7-12/h2-9H,10H2,1H3. The van der Waals surface area contributed by atoms with E-state index in [0.717, 1.165) is 16.7 Å². The molecule has 0 aliphatic rings. The van der Waals surface area contributed by atoms with Gasteiger partial charge in [-0.3, -0.25) is 0 Å². The summed E-state index contributed by atoms with van der Waals surface area (Å²) in [6.45, 7) is 2.00. The van der Waals surface area contributed by atoms with Gasteiger partial charge in [-0.05, 0) is 42.8 Å². The maximum Gasteiger partial charge on any atom is 0.277 e. The minimum absolute atomic E-state index is 0.440. The van der Waals surface area contributed by atoms with Crippen LogP contribution in [0, 0.1) is 6.92 Å². The van der Waals surface area contributed by atoms with E-state index < -0.39 is 0 Å². The molecule has 2 aromatic carbocycles. The second-order valence-electron chi connectivity index (χ2n) is 5.48. The van der Waals surface area contributed by atoms with Crippen LogP contribution in [0.15, 0.2) is 62.6 Å². The Morgan fingerprint density at radius 3 is 2.46 bits per heavy atom. The molecule has 26 heavy (non-hydrogen) atoms. The number of aromatic nitrogens is 4. The van der Waals surface area contributed by atoms with Gasteiger partial charge in [-0.25, -0.2) is 0 Å². The molecule has 0 bridgehead atoms. The van der Waals surface area contributed by atoms with Crippen molar-refractivity contribution in [3.05, 3.63) is 65.0 Å². The Kier molecular flexibility index (Phi) is 4.73. The predicted molar refractivity (Wildman–Crippen MR) is 98.8 cm³/mol. The number of nitrogens with zero attached hydrogens (tertiary/aromatic N) is 4. The molecule has 0 radical (unpaired) electrons. The Morgan fingerprint density at radius 2 is 1.65 bits per heavy atom. The van der Waals surface area contributed by atoms with E-state index in [-0.39, 0.29) is 0 Å². The molecule has 4 aromatic rings. The van der Waals surface area contributed by atoms with Crippen LogP contribution in [0.1, 0.15) is 11.5 Å². The van der Waals surface area contributed by atoms with Gasteiger partial charge >= 0.3 is 0 Å². The minimum atomic E-state index is 0.440. The molecule has 8 heteroatoms. The largest absolute Gasteiger partial charge is 0.420 e. The van der Waals surface area contributed by atoms with Crippen LogP contribution in [-0.2, 0) is 5.75 Å². The Morgan fingerprint density at radius 1 is 0.885 bits per heavy atom. The maximum atomic E-state index is 5.88. The molecule has 130 valence electrons. The number of hydrogen-bond acceptors (Lipinski definition) is 7. The lowest BCUT2D eigenvalue weighted by Gasteiger charge is -1.98. The normalized spacial score (nSPS) is 11.0. The van der Waals surface area contributed by atoms with Crippen molar-refractivity contribution in [2.45, 2.75) is 17.9 Å². The molecule has 2 aromatic heterocycles. The first-order chi connectivity index (χ1) is 12.7. The summed E-state index contributed by atoms with van der Waals surface area (Å²) < 4.78 is 11.4. The van der Waals surface area contributed by atoms with E-state index in [1.54, 1.807) is 12.1 Å². The van der Waals surface area contributed by atoms with Crippen molar-refractivity contribution in [2.75, 3.05) is 0 Å². The molecular weight excluding hydrogens is 372 g/mol. The van der Waals surface area contributed by atoms with E-state index >= 15 is 0 Å². The molecule has 0 amide bonds. The highest BCUT2D eigenvalue weighted by Gasteiger charge is 2.13. The molecule has 6 nitrogen and oxygen atoms in total. The number of hydrogen-bond donors (Lipinski definition) is 0. The Labute approximate surface area is 158 Å². The lowest BCUT2D eigenvalue weighted by Crippen LogP contribution is -1.81. The average Bonchev–Trinajstić information content (AvgIpc) is 3.30. The molecule has 0 aliphatic heterocycles. The van der Waals surface area contributed by atoms with Crippen LogP contribution in [0.2, 0.25) is 5.02 Å². The van der Waals surface area contributed by atoms with E-state index in [2.05, 4.69) is 20.4 Å². The molecule has 0 fully saturated rings. The number of rotatable bonds is 5. The molecule has 4 rings (SSSR count). The quantitative estimate of drug-likeness (QED) is 0.446. The minimum Gasteiger partial charge on any atom is -0.420 e. The summed E-state index contributed by atoms with van der Waals surface area (Å²) >= 11 is 7.23. The summed E-state index contributed by atoms with van der Waals surface area (Å²) in [5.74, 6) is 1.87. The first kappa shape index (κ1) is 16.8. The highest BCUT2D eigenvalue weighted by Crippen LogP contribution is 2.28. The maximum absolute atomic E-state index is 5.88. The summed E-state index contributed by atoms with van der Waals surface area (Å²) in [5, 5.41) is 17.4. The van der Waals surface area contributed by atoms with E-state index in [1.807, 2.05) is 43.3 Å². The van der Waals surface area contributed by atoms with E-state index in [0.29, 0.717) is 33.7 Å². The van der Waals surface area contributed by atoms with Gasteiger partial charge in [0, 0.05) is 16.1 Å². The number of halogens is 1. The summed E-state index contributed by atoms with van der Waals surface area (Å²) in [6, 6.07) is 15.1. The van der Waals surface area contributed by atoms with Crippen LogP contribution < -0.4 is 0 Å². The zero-order valence-corrected chi connectivity index (χ0v) is 15.3. The molecule has 2 heterocycles. The zero-order chi connectivity index (χ0) is 17.9. The average molecular weight is 385 g/mol. The summed E-state index contributed by atoms with van der Waals surface area (Å²) in [7, 11) is 0. The van der Waals surface area contributed by atoms with E-state index in [9.17, 15) is 0 Å². The van der Waals surface area contributed by atoms with Gasteiger partial charge in [0.05, 0.1) is 5.75 Å². The monoisotopic (exact) mass is 384 g/mol. The van der Waals surface area contributed by atoms with Gasteiger partial charge in [0.2, 0.25) is 17.7 Å². The van der Waals surface area contributed by atoms with Crippen molar-refractivity contribution < 1.29 is 8.83 Å². The topological polar surface area (TPSA) is 77.8 Å². The lowest BCUT2D eigenvalue weighted by atomic mass is 10.1. The predicted octanol–water partition coefficient (Wildman–Crippen LogP) is 5.04. The van der Waals surface area contributed by atoms with E-state index in [1.165, 1.54) is 11.8 Å². The second kappa shape index (κ2) is 7.31. The third-order valence-electron chi connectivity index (χ3n) is 3.66. The highest BCUT2D eigenvalue weighted by molar-refractivity contribution is 7.98. The van der Waals surface area contributed by atoms with Gasteiger partial charge in [0.1, 0.15) is 0 Å². The number of benzene rings is 2.